The van der Waals surface area contributed by atoms with Crippen LogP contribution in [-0.2, 0) is 0 Å². The maximum absolute atomic E-state index is 14.2. The summed E-state index contributed by atoms with van der Waals surface area (Å²) in [6.45, 7) is -0.0588. The molecule has 1 atom stereocenters. The molecule has 1 aliphatic heterocycles. The number of piperazine rings is 1. The number of benzene rings is 1. The summed E-state index contributed by atoms with van der Waals surface area (Å²) in [6.07, 6.45) is 0. The first-order valence-electron chi connectivity index (χ1n) is 6.91. The molecule has 0 saturated carbocycles. The highest BCUT2D eigenvalue weighted by Crippen LogP contribution is 2.43. The average molecular weight is 370 g/mol. The molecule has 1 heterocycles. The smallest absolute Gasteiger partial charge is 0.314 e. The van der Waals surface area contributed by atoms with Gasteiger partial charge in [-0.15, -0.1) is 12.4 Å². The first-order chi connectivity index (χ1) is 10.8. The van der Waals surface area contributed by atoms with Crippen molar-refractivity contribution in [3.8, 4) is 11.5 Å². The number of nitrogens with one attached hydrogen (secondary N) is 1. The van der Waals surface area contributed by atoms with E-state index in [1.165, 1.54) is 4.90 Å². The SMILES string of the molecule is Cl.O=[N+]([O-])c1cc([C@H](N2CCNCC2)C(F)(F)CO)cc(O)c1O. The zero-order valence-electron chi connectivity index (χ0n) is 12.5. The number of phenolic OH excluding ortho intramolecular Hbond substituents is 2. The van der Waals surface area contributed by atoms with E-state index in [0.717, 1.165) is 12.1 Å². The Morgan fingerprint density at radius 3 is 2.42 bits per heavy atom. The largest absolute Gasteiger partial charge is 0.504 e. The van der Waals surface area contributed by atoms with Gasteiger partial charge in [-0.3, -0.25) is 15.0 Å². The van der Waals surface area contributed by atoms with Crippen molar-refractivity contribution in [3.05, 3.63) is 27.8 Å². The summed E-state index contributed by atoms with van der Waals surface area (Å²) in [5.74, 6) is -5.41. The molecule has 0 spiro atoms. The number of nitrogens with zero attached hydrogens (tertiary/aromatic N) is 2. The van der Waals surface area contributed by atoms with Gasteiger partial charge in [-0.2, -0.15) is 0 Å². The van der Waals surface area contributed by atoms with Crippen LogP contribution in [0.5, 0.6) is 11.5 Å². The van der Waals surface area contributed by atoms with E-state index in [2.05, 4.69) is 5.32 Å². The van der Waals surface area contributed by atoms with Crippen molar-refractivity contribution in [2.75, 3.05) is 32.8 Å². The molecule has 0 bridgehead atoms. The molecule has 0 radical (unpaired) electrons. The third-order valence-electron chi connectivity index (χ3n) is 3.73. The summed E-state index contributed by atoms with van der Waals surface area (Å²) in [5.41, 5.74) is -1.11. The Balaban J connectivity index is 0.00000288. The number of aromatic hydroxyl groups is 2. The van der Waals surface area contributed by atoms with Crippen LogP contribution >= 0.6 is 12.4 Å². The number of hydrogen-bond acceptors (Lipinski definition) is 7. The monoisotopic (exact) mass is 369 g/mol. The van der Waals surface area contributed by atoms with Crippen LogP contribution < -0.4 is 5.32 Å². The van der Waals surface area contributed by atoms with Gasteiger partial charge in [0.2, 0.25) is 5.75 Å². The number of aliphatic hydroxyl groups is 1. The molecule has 1 aromatic carbocycles. The molecule has 11 heteroatoms. The van der Waals surface area contributed by atoms with Gasteiger partial charge < -0.3 is 20.6 Å². The summed E-state index contributed by atoms with van der Waals surface area (Å²) in [4.78, 5) is 11.3. The number of phenols is 2. The van der Waals surface area contributed by atoms with Crippen molar-refractivity contribution >= 4 is 18.1 Å². The molecule has 0 amide bonds. The van der Waals surface area contributed by atoms with Crippen molar-refractivity contribution in [1.29, 1.82) is 0 Å². The van der Waals surface area contributed by atoms with Crippen LogP contribution in [0.2, 0.25) is 0 Å². The van der Waals surface area contributed by atoms with Crippen LogP contribution in [-0.4, -0.2) is 63.9 Å². The standard InChI is InChI=1S/C13H17F2N3O5.ClH/c14-13(15,7-19)12(17-3-1-16-2-4-17)8-5-9(18(22)23)11(21)10(20)6-8;/h5-6,12,16,19-21H,1-4,7H2;1H/t12-;/m0./s1. The fourth-order valence-corrected chi connectivity index (χ4v) is 2.67. The lowest BCUT2D eigenvalue weighted by atomic mass is 9.97. The van der Waals surface area contributed by atoms with Crippen molar-refractivity contribution in [1.82, 2.24) is 10.2 Å². The Morgan fingerprint density at radius 2 is 1.92 bits per heavy atom. The van der Waals surface area contributed by atoms with Crippen LogP contribution in [0, 0.1) is 10.1 Å². The molecule has 1 fully saturated rings. The van der Waals surface area contributed by atoms with Crippen molar-refractivity contribution < 1.29 is 29.0 Å². The molecule has 1 saturated heterocycles. The van der Waals surface area contributed by atoms with Gasteiger partial charge in [0.05, 0.1) is 4.92 Å². The van der Waals surface area contributed by atoms with E-state index in [9.17, 15) is 29.1 Å². The maximum atomic E-state index is 14.2. The molecule has 2 rings (SSSR count). The summed E-state index contributed by atoms with van der Waals surface area (Å²) >= 11 is 0. The number of aliphatic hydroxyl groups excluding tert-OH is 1. The highest BCUT2D eigenvalue weighted by molar-refractivity contribution is 5.85. The lowest BCUT2D eigenvalue weighted by Crippen LogP contribution is -2.51. The minimum absolute atomic E-state index is 0. The predicted octanol–water partition coefficient (Wildman–Crippen LogP) is 1.00. The maximum Gasteiger partial charge on any atom is 0.314 e. The molecule has 136 valence electrons. The molecule has 8 nitrogen and oxygen atoms in total. The van der Waals surface area contributed by atoms with Gasteiger partial charge in [0.15, 0.2) is 5.75 Å². The van der Waals surface area contributed by atoms with Crippen molar-refractivity contribution in [2.45, 2.75) is 12.0 Å². The number of nitro benzene ring substituents is 1. The Kier molecular flexibility index (Phi) is 6.67. The van der Waals surface area contributed by atoms with Crippen LogP contribution in [0.1, 0.15) is 11.6 Å². The third kappa shape index (κ3) is 4.01. The topological polar surface area (TPSA) is 119 Å². The van der Waals surface area contributed by atoms with Gasteiger partial charge in [-0.1, -0.05) is 0 Å². The Labute approximate surface area is 142 Å². The Morgan fingerprint density at radius 1 is 1.33 bits per heavy atom. The van der Waals surface area contributed by atoms with Crippen LogP contribution in [0.3, 0.4) is 0 Å². The van der Waals surface area contributed by atoms with Gasteiger partial charge >= 0.3 is 5.69 Å². The predicted molar refractivity (Wildman–Crippen MR) is 82.9 cm³/mol. The molecule has 1 aromatic rings. The van der Waals surface area contributed by atoms with Crippen molar-refractivity contribution in [3.63, 3.8) is 0 Å². The number of rotatable bonds is 5. The third-order valence-corrected chi connectivity index (χ3v) is 3.73. The summed E-state index contributed by atoms with van der Waals surface area (Å²) in [6, 6.07) is 0.00371. The number of halogens is 3. The molecule has 0 aliphatic carbocycles. The van der Waals surface area contributed by atoms with Crippen molar-refractivity contribution in [2.24, 2.45) is 0 Å². The molecule has 4 N–H and O–H groups in total. The van der Waals surface area contributed by atoms with E-state index in [-0.39, 0.29) is 31.1 Å². The van der Waals surface area contributed by atoms with E-state index >= 15 is 0 Å². The highest BCUT2D eigenvalue weighted by Gasteiger charge is 2.45. The fraction of sp³-hybridized carbons (Fsp3) is 0.538. The molecule has 24 heavy (non-hydrogen) atoms. The molecule has 0 unspecified atom stereocenters. The number of alkyl halides is 2. The van der Waals surface area contributed by atoms with Crippen LogP contribution in [0.4, 0.5) is 14.5 Å². The van der Waals surface area contributed by atoms with E-state index in [4.69, 9.17) is 5.11 Å². The molecular weight excluding hydrogens is 352 g/mol. The molecule has 1 aliphatic rings. The second-order valence-corrected chi connectivity index (χ2v) is 5.27. The van der Waals surface area contributed by atoms with Gasteiger partial charge in [-0.05, 0) is 11.6 Å². The summed E-state index contributed by atoms with van der Waals surface area (Å²) in [5, 5.41) is 42.0. The van der Waals surface area contributed by atoms with Gasteiger partial charge in [0.1, 0.15) is 12.6 Å². The highest BCUT2D eigenvalue weighted by atomic mass is 35.5. The van der Waals surface area contributed by atoms with E-state index in [1.807, 2.05) is 0 Å². The lowest BCUT2D eigenvalue weighted by molar-refractivity contribution is -0.386. The minimum atomic E-state index is -3.57. The number of nitro groups is 1. The van der Waals surface area contributed by atoms with Gasteiger partial charge in [-0.25, -0.2) is 8.78 Å². The quantitative estimate of drug-likeness (QED) is 0.347. The van der Waals surface area contributed by atoms with Gasteiger partial charge in [0, 0.05) is 32.2 Å². The second-order valence-electron chi connectivity index (χ2n) is 5.27. The average Bonchev–Trinajstić information content (AvgIpc) is 2.51. The number of hydrogen-bond donors (Lipinski definition) is 4. The molecule has 0 aromatic heterocycles. The van der Waals surface area contributed by atoms with Crippen LogP contribution in [0.25, 0.3) is 0 Å². The second kappa shape index (κ2) is 7.88. The zero-order chi connectivity index (χ0) is 17.2. The first-order valence-corrected chi connectivity index (χ1v) is 6.91. The molecular formula is C13H18ClF2N3O5. The van der Waals surface area contributed by atoms with E-state index in [1.54, 1.807) is 0 Å². The Bertz CT molecular complexity index is 599. The van der Waals surface area contributed by atoms with E-state index < -0.39 is 40.7 Å². The van der Waals surface area contributed by atoms with Crippen LogP contribution in [0.15, 0.2) is 12.1 Å². The summed E-state index contributed by atoms with van der Waals surface area (Å²) < 4.78 is 28.5. The van der Waals surface area contributed by atoms with E-state index in [0.29, 0.717) is 13.1 Å². The first kappa shape index (κ1) is 20.3. The fourth-order valence-electron chi connectivity index (χ4n) is 2.67. The lowest BCUT2D eigenvalue weighted by Gasteiger charge is -2.38. The summed E-state index contributed by atoms with van der Waals surface area (Å²) in [7, 11) is 0. The normalized spacial score (nSPS) is 17.1. The Hall–Kier alpha value is -1.75. The minimum Gasteiger partial charge on any atom is -0.504 e. The van der Waals surface area contributed by atoms with Gasteiger partial charge in [0.25, 0.3) is 5.92 Å². The zero-order valence-corrected chi connectivity index (χ0v) is 13.3.